The van der Waals surface area contributed by atoms with Gasteiger partial charge in [0, 0.05) is 28.2 Å². The standard InChI is InChI=1S/C17H17F4N3O3S/c1-23(2)13-6-5-9(28(26,27)24(3)4)7-12(13)22-17(25)10-8-11(18)15(20)16(21)14(10)19/h5-8H,1-4H3,(H,22,25). The fourth-order valence-corrected chi connectivity index (χ4v) is 3.23. The van der Waals surface area contributed by atoms with Crippen LogP contribution in [0.25, 0.3) is 0 Å². The van der Waals surface area contributed by atoms with Crippen LogP contribution in [-0.4, -0.2) is 46.8 Å². The summed E-state index contributed by atoms with van der Waals surface area (Å²) in [7, 11) is 1.98. The number of carbonyl (C=O) groups excluding carboxylic acids is 1. The van der Waals surface area contributed by atoms with Crippen molar-refractivity contribution in [3.8, 4) is 0 Å². The lowest BCUT2D eigenvalue weighted by Gasteiger charge is -2.20. The molecule has 2 aromatic carbocycles. The van der Waals surface area contributed by atoms with E-state index < -0.39 is 44.8 Å². The van der Waals surface area contributed by atoms with Crippen LogP contribution < -0.4 is 10.2 Å². The molecule has 6 nitrogen and oxygen atoms in total. The van der Waals surface area contributed by atoms with Crippen LogP contribution in [0.4, 0.5) is 28.9 Å². The maximum atomic E-state index is 13.9. The highest BCUT2D eigenvalue weighted by molar-refractivity contribution is 7.89. The third-order valence-corrected chi connectivity index (χ3v) is 5.63. The smallest absolute Gasteiger partial charge is 0.258 e. The van der Waals surface area contributed by atoms with E-state index in [4.69, 9.17) is 0 Å². The molecule has 1 amide bonds. The minimum Gasteiger partial charge on any atom is -0.376 e. The van der Waals surface area contributed by atoms with Gasteiger partial charge >= 0.3 is 0 Å². The first-order valence-corrected chi connectivity index (χ1v) is 9.20. The number of carbonyl (C=O) groups is 1. The van der Waals surface area contributed by atoms with Crippen molar-refractivity contribution in [2.24, 2.45) is 0 Å². The Balaban J connectivity index is 2.55. The zero-order valence-corrected chi connectivity index (χ0v) is 16.2. The molecule has 0 aliphatic heterocycles. The van der Waals surface area contributed by atoms with Crippen molar-refractivity contribution in [1.82, 2.24) is 4.31 Å². The number of nitrogens with zero attached hydrogens (tertiary/aromatic N) is 2. The lowest BCUT2D eigenvalue weighted by atomic mass is 10.1. The molecule has 0 unspecified atom stereocenters. The second kappa shape index (κ2) is 7.76. The molecule has 11 heteroatoms. The van der Waals surface area contributed by atoms with E-state index in [1.807, 2.05) is 0 Å². The van der Waals surface area contributed by atoms with E-state index in [0.717, 1.165) is 10.4 Å². The predicted octanol–water partition coefficient (Wildman–Crippen LogP) is 2.81. The molecule has 0 fully saturated rings. The molecule has 0 radical (unpaired) electrons. The van der Waals surface area contributed by atoms with Gasteiger partial charge in [0.15, 0.2) is 23.3 Å². The SMILES string of the molecule is CN(C)c1ccc(S(=O)(=O)N(C)C)cc1NC(=O)c1cc(F)c(F)c(F)c1F. The number of halogens is 4. The van der Waals surface area contributed by atoms with Crippen molar-refractivity contribution < 1.29 is 30.8 Å². The Morgan fingerprint density at radius 2 is 1.54 bits per heavy atom. The molecule has 152 valence electrons. The summed E-state index contributed by atoms with van der Waals surface area (Å²) in [6.45, 7) is 0. The Bertz CT molecular complexity index is 1040. The average Bonchev–Trinajstić information content (AvgIpc) is 2.62. The van der Waals surface area contributed by atoms with Crippen LogP contribution in [0.5, 0.6) is 0 Å². The van der Waals surface area contributed by atoms with Crippen LogP contribution >= 0.6 is 0 Å². The molecule has 0 aliphatic carbocycles. The third-order valence-electron chi connectivity index (χ3n) is 3.82. The molecule has 0 atom stereocenters. The monoisotopic (exact) mass is 419 g/mol. The van der Waals surface area contributed by atoms with Crippen molar-refractivity contribution >= 4 is 27.3 Å². The Hall–Kier alpha value is -2.66. The first-order valence-electron chi connectivity index (χ1n) is 7.76. The molecule has 0 aromatic heterocycles. The van der Waals surface area contributed by atoms with Gasteiger partial charge in [0.25, 0.3) is 5.91 Å². The number of sulfonamides is 1. The first kappa shape index (κ1) is 21.6. The highest BCUT2D eigenvalue weighted by atomic mass is 32.2. The molecule has 28 heavy (non-hydrogen) atoms. The van der Waals surface area contributed by atoms with E-state index in [1.165, 1.54) is 31.1 Å². The van der Waals surface area contributed by atoms with E-state index in [2.05, 4.69) is 5.32 Å². The van der Waals surface area contributed by atoms with Gasteiger partial charge in [0.1, 0.15) is 0 Å². The number of anilines is 2. The maximum Gasteiger partial charge on any atom is 0.258 e. The quantitative estimate of drug-likeness (QED) is 0.460. The van der Waals surface area contributed by atoms with Gasteiger partial charge in [-0.2, -0.15) is 0 Å². The number of benzene rings is 2. The van der Waals surface area contributed by atoms with Crippen LogP contribution in [0.2, 0.25) is 0 Å². The van der Waals surface area contributed by atoms with Crippen molar-refractivity contribution in [2.75, 3.05) is 38.4 Å². The van der Waals surface area contributed by atoms with E-state index in [-0.39, 0.29) is 16.6 Å². The normalized spacial score (nSPS) is 11.6. The number of hydrogen-bond donors (Lipinski definition) is 1. The molecule has 0 saturated carbocycles. The minimum atomic E-state index is -3.85. The Kier molecular flexibility index (Phi) is 6.00. The number of nitrogens with one attached hydrogen (secondary N) is 1. The van der Waals surface area contributed by atoms with Gasteiger partial charge in [-0.05, 0) is 24.3 Å². The number of amides is 1. The Labute approximate surface area is 159 Å². The summed E-state index contributed by atoms with van der Waals surface area (Å²) in [5.41, 5.74) is -0.779. The zero-order chi connectivity index (χ0) is 21.4. The highest BCUT2D eigenvalue weighted by Crippen LogP contribution is 2.29. The molecule has 0 aliphatic rings. The summed E-state index contributed by atoms with van der Waals surface area (Å²) in [5.74, 6) is -9.04. The summed E-state index contributed by atoms with van der Waals surface area (Å²) >= 11 is 0. The number of rotatable bonds is 5. The Morgan fingerprint density at radius 3 is 2.07 bits per heavy atom. The van der Waals surface area contributed by atoms with Gasteiger partial charge in [-0.1, -0.05) is 0 Å². The van der Waals surface area contributed by atoms with Crippen LogP contribution in [0.3, 0.4) is 0 Å². The summed E-state index contributed by atoms with van der Waals surface area (Å²) in [4.78, 5) is 13.7. The number of hydrogen-bond acceptors (Lipinski definition) is 4. The first-order chi connectivity index (χ1) is 12.9. The zero-order valence-electron chi connectivity index (χ0n) is 15.3. The topological polar surface area (TPSA) is 69.7 Å². The van der Waals surface area contributed by atoms with Gasteiger partial charge in [-0.15, -0.1) is 0 Å². The predicted molar refractivity (Wildman–Crippen MR) is 95.9 cm³/mol. The van der Waals surface area contributed by atoms with Gasteiger partial charge in [-0.25, -0.2) is 30.3 Å². The molecular formula is C17H17F4N3O3S. The fraction of sp³-hybridized carbons (Fsp3) is 0.235. The van der Waals surface area contributed by atoms with Gasteiger partial charge in [0.05, 0.1) is 21.8 Å². The maximum absolute atomic E-state index is 13.9. The minimum absolute atomic E-state index is 0.0533. The van der Waals surface area contributed by atoms with E-state index in [0.29, 0.717) is 5.69 Å². The largest absolute Gasteiger partial charge is 0.376 e. The summed E-state index contributed by atoms with van der Waals surface area (Å²) in [5, 5.41) is 2.21. The van der Waals surface area contributed by atoms with E-state index >= 15 is 0 Å². The van der Waals surface area contributed by atoms with Crippen LogP contribution in [0, 0.1) is 23.3 Å². The molecule has 0 bridgehead atoms. The second-order valence-electron chi connectivity index (χ2n) is 6.16. The van der Waals surface area contributed by atoms with Crippen molar-refractivity contribution in [1.29, 1.82) is 0 Å². The molecule has 0 saturated heterocycles. The van der Waals surface area contributed by atoms with Crippen LogP contribution in [0.1, 0.15) is 10.4 Å². The average molecular weight is 419 g/mol. The fourth-order valence-electron chi connectivity index (χ4n) is 2.30. The summed E-state index contributed by atoms with van der Waals surface area (Å²) < 4.78 is 79.3. The lowest BCUT2D eigenvalue weighted by Crippen LogP contribution is -2.23. The molecule has 0 heterocycles. The Morgan fingerprint density at radius 1 is 0.929 bits per heavy atom. The summed E-state index contributed by atoms with van der Waals surface area (Å²) in [6.07, 6.45) is 0. The molecular weight excluding hydrogens is 402 g/mol. The van der Waals surface area contributed by atoms with E-state index in [9.17, 15) is 30.8 Å². The highest BCUT2D eigenvalue weighted by Gasteiger charge is 2.25. The lowest BCUT2D eigenvalue weighted by molar-refractivity contribution is 0.102. The van der Waals surface area contributed by atoms with Crippen LogP contribution in [-0.2, 0) is 10.0 Å². The van der Waals surface area contributed by atoms with Gasteiger partial charge in [0.2, 0.25) is 10.0 Å². The summed E-state index contributed by atoms with van der Waals surface area (Å²) in [6, 6.07) is 4.04. The molecule has 0 spiro atoms. The van der Waals surface area contributed by atoms with Crippen molar-refractivity contribution in [3.63, 3.8) is 0 Å². The van der Waals surface area contributed by atoms with Gasteiger partial charge in [-0.3, -0.25) is 4.79 Å². The second-order valence-corrected chi connectivity index (χ2v) is 8.31. The van der Waals surface area contributed by atoms with E-state index in [1.54, 1.807) is 14.1 Å². The van der Waals surface area contributed by atoms with Crippen LogP contribution in [0.15, 0.2) is 29.2 Å². The van der Waals surface area contributed by atoms with Crippen molar-refractivity contribution in [2.45, 2.75) is 4.90 Å². The molecule has 1 N–H and O–H groups in total. The molecule has 2 rings (SSSR count). The molecule has 2 aromatic rings. The third kappa shape index (κ3) is 3.94. The van der Waals surface area contributed by atoms with Crippen molar-refractivity contribution in [3.05, 3.63) is 53.1 Å². The van der Waals surface area contributed by atoms with Gasteiger partial charge < -0.3 is 10.2 Å².